The lowest BCUT2D eigenvalue weighted by Gasteiger charge is -2.06. The van der Waals surface area contributed by atoms with Gasteiger partial charge in [-0.15, -0.1) is 0 Å². The maximum atomic E-state index is 12.1. The van der Waals surface area contributed by atoms with Crippen molar-refractivity contribution < 1.29 is 14.6 Å². The molecule has 0 aliphatic carbocycles. The maximum absolute atomic E-state index is 12.1. The van der Waals surface area contributed by atoms with Gasteiger partial charge in [0.15, 0.2) is 0 Å². The van der Waals surface area contributed by atoms with E-state index in [4.69, 9.17) is 9.84 Å². The fourth-order valence-corrected chi connectivity index (χ4v) is 8.29. The van der Waals surface area contributed by atoms with Gasteiger partial charge in [-0.25, -0.2) is 0 Å². The molecule has 0 aromatic carbocycles. The van der Waals surface area contributed by atoms with E-state index in [1.165, 1.54) is 276 Å². The molecule has 0 heterocycles. The first-order chi connectivity index (χ1) is 27.8. The number of hydrogen-bond acceptors (Lipinski definition) is 3. The van der Waals surface area contributed by atoms with Crippen LogP contribution in [0.3, 0.4) is 0 Å². The molecule has 3 heteroatoms. The Morgan fingerprint density at radius 3 is 0.893 bits per heavy atom. The summed E-state index contributed by atoms with van der Waals surface area (Å²) in [6.45, 7) is 3.28. The van der Waals surface area contributed by atoms with Gasteiger partial charge < -0.3 is 9.84 Å². The molecule has 334 valence electrons. The zero-order valence-electron chi connectivity index (χ0n) is 38.6. The topological polar surface area (TPSA) is 46.5 Å². The summed E-state index contributed by atoms with van der Waals surface area (Å²) in [4.78, 5) is 12.1. The minimum Gasteiger partial charge on any atom is -0.466 e. The zero-order chi connectivity index (χ0) is 40.3. The molecule has 0 amide bonds. The van der Waals surface area contributed by atoms with Gasteiger partial charge in [-0.1, -0.05) is 269 Å². The van der Waals surface area contributed by atoms with Crippen molar-refractivity contribution in [3.05, 3.63) is 12.2 Å². The second kappa shape index (κ2) is 52.2. The van der Waals surface area contributed by atoms with Crippen molar-refractivity contribution >= 4 is 5.97 Å². The van der Waals surface area contributed by atoms with Gasteiger partial charge in [0.1, 0.15) is 0 Å². The largest absolute Gasteiger partial charge is 0.466 e. The second-order valence-electron chi connectivity index (χ2n) is 17.9. The quantitative estimate of drug-likeness (QED) is 0.0379. The standard InChI is InChI=1S/C53H104O3/c1-2-3-4-5-6-7-8-9-10-11-12-20-23-26-29-32-35-38-41-44-47-50-53(55)56-52-49-46-43-40-37-34-31-28-25-22-19-17-15-13-14-16-18-21-24-27-30-33-36-39-42-45-48-51-54/h9-10,54H,2-8,11-52H2,1H3. The molecule has 0 radical (unpaired) electrons. The highest BCUT2D eigenvalue weighted by atomic mass is 16.5. The number of aliphatic hydroxyl groups excluding tert-OH is 1. The van der Waals surface area contributed by atoms with E-state index < -0.39 is 0 Å². The lowest BCUT2D eigenvalue weighted by Crippen LogP contribution is -2.05. The SMILES string of the molecule is CCCCCCCCC=CCCCCCCCCCCCCCC(=O)OCCCCCCCCCCCCCCCCCCCCCCCCCCCCCO. The summed E-state index contributed by atoms with van der Waals surface area (Å²) in [5.74, 6) is 0.0269. The highest BCUT2D eigenvalue weighted by Crippen LogP contribution is 2.17. The van der Waals surface area contributed by atoms with Crippen molar-refractivity contribution in [2.45, 2.75) is 309 Å². The van der Waals surface area contributed by atoms with Crippen LogP contribution >= 0.6 is 0 Å². The molecule has 0 unspecified atom stereocenters. The lowest BCUT2D eigenvalue weighted by atomic mass is 10.0. The molecule has 0 aromatic heterocycles. The Morgan fingerprint density at radius 2 is 0.589 bits per heavy atom. The average Bonchev–Trinajstić information content (AvgIpc) is 3.20. The monoisotopic (exact) mass is 789 g/mol. The second-order valence-corrected chi connectivity index (χ2v) is 17.9. The predicted octanol–water partition coefficient (Wildman–Crippen LogP) is 18.4. The van der Waals surface area contributed by atoms with Gasteiger partial charge in [-0.05, 0) is 44.9 Å². The van der Waals surface area contributed by atoms with Crippen molar-refractivity contribution in [2.75, 3.05) is 13.2 Å². The van der Waals surface area contributed by atoms with Gasteiger partial charge in [-0.2, -0.15) is 0 Å². The van der Waals surface area contributed by atoms with Gasteiger partial charge in [0.2, 0.25) is 0 Å². The third-order valence-electron chi connectivity index (χ3n) is 12.2. The molecule has 3 nitrogen and oxygen atoms in total. The third kappa shape index (κ3) is 51.2. The molecular formula is C53H104O3. The van der Waals surface area contributed by atoms with E-state index in [2.05, 4.69) is 19.1 Å². The summed E-state index contributed by atoms with van der Waals surface area (Å²) < 4.78 is 5.50. The number of unbranched alkanes of at least 4 members (excludes halogenated alkanes) is 43. The first-order valence-corrected chi connectivity index (χ1v) is 26.2. The number of carbonyl (C=O) groups excluding carboxylic acids is 1. The Bertz CT molecular complexity index is 732. The van der Waals surface area contributed by atoms with Gasteiger partial charge in [-0.3, -0.25) is 4.79 Å². The number of rotatable bonds is 50. The zero-order valence-corrected chi connectivity index (χ0v) is 38.6. The molecule has 0 saturated heterocycles. The summed E-state index contributed by atoms with van der Waals surface area (Å²) in [7, 11) is 0. The van der Waals surface area contributed by atoms with E-state index in [9.17, 15) is 4.79 Å². The number of hydrogen-bond donors (Lipinski definition) is 1. The van der Waals surface area contributed by atoms with Crippen molar-refractivity contribution in [1.82, 2.24) is 0 Å². The fourth-order valence-electron chi connectivity index (χ4n) is 8.29. The first-order valence-electron chi connectivity index (χ1n) is 26.2. The highest BCUT2D eigenvalue weighted by Gasteiger charge is 2.03. The Labute approximate surface area is 353 Å². The summed E-state index contributed by atoms with van der Waals surface area (Å²) in [6, 6.07) is 0. The normalized spacial score (nSPS) is 11.7. The van der Waals surface area contributed by atoms with Crippen LogP contribution in [-0.4, -0.2) is 24.3 Å². The van der Waals surface area contributed by atoms with Crippen molar-refractivity contribution in [3.8, 4) is 0 Å². The van der Waals surface area contributed by atoms with E-state index in [-0.39, 0.29) is 5.97 Å². The number of ether oxygens (including phenoxy) is 1. The van der Waals surface area contributed by atoms with E-state index in [0.29, 0.717) is 19.6 Å². The van der Waals surface area contributed by atoms with E-state index >= 15 is 0 Å². The number of carbonyl (C=O) groups is 1. The smallest absolute Gasteiger partial charge is 0.305 e. The van der Waals surface area contributed by atoms with Crippen LogP contribution in [0.2, 0.25) is 0 Å². The van der Waals surface area contributed by atoms with Gasteiger partial charge in [0, 0.05) is 13.0 Å². The van der Waals surface area contributed by atoms with Gasteiger partial charge in [0.05, 0.1) is 6.61 Å². The Kier molecular flexibility index (Phi) is 51.4. The van der Waals surface area contributed by atoms with Crippen LogP contribution in [0.25, 0.3) is 0 Å². The molecule has 0 fully saturated rings. The minimum atomic E-state index is 0.0269. The molecule has 0 saturated carbocycles. The highest BCUT2D eigenvalue weighted by molar-refractivity contribution is 5.69. The van der Waals surface area contributed by atoms with Crippen LogP contribution in [0.4, 0.5) is 0 Å². The summed E-state index contributed by atoms with van der Waals surface area (Å²) in [5, 5.41) is 8.82. The summed E-state index contributed by atoms with van der Waals surface area (Å²) in [5.41, 5.74) is 0. The molecule has 0 atom stereocenters. The molecule has 0 spiro atoms. The number of aliphatic hydroxyl groups is 1. The molecule has 0 aliphatic rings. The van der Waals surface area contributed by atoms with Crippen molar-refractivity contribution in [1.29, 1.82) is 0 Å². The fraction of sp³-hybridized carbons (Fsp3) is 0.943. The molecule has 0 aromatic rings. The minimum absolute atomic E-state index is 0.0269. The summed E-state index contributed by atoms with van der Waals surface area (Å²) >= 11 is 0. The number of esters is 1. The molecule has 1 N–H and O–H groups in total. The molecule has 56 heavy (non-hydrogen) atoms. The van der Waals surface area contributed by atoms with E-state index in [1.54, 1.807) is 0 Å². The van der Waals surface area contributed by atoms with Crippen LogP contribution in [0.15, 0.2) is 12.2 Å². The molecule has 0 aliphatic heterocycles. The molecular weight excluding hydrogens is 685 g/mol. The Hall–Kier alpha value is -0.830. The van der Waals surface area contributed by atoms with Crippen LogP contribution in [0.1, 0.15) is 309 Å². The lowest BCUT2D eigenvalue weighted by molar-refractivity contribution is -0.143. The van der Waals surface area contributed by atoms with Crippen molar-refractivity contribution in [2.24, 2.45) is 0 Å². The molecule has 0 rings (SSSR count). The van der Waals surface area contributed by atoms with E-state index in [1.807, 2.05) is 0 Å². The average molecular weight is 789 g/mol. The Balaban J connectivity index is 3.16. The van der Waals surface area contributed by atoms with E-state index in [0.717, 1.165) is 19.3 Å². The summed E-state index contributed by atoms with van der Waals surface area (Å²) in [6.07, 6.45) is 68.0. The van der Waals surface area contributed by atoms with Crippen molar-refractivity contribution in [3.63, 3.8) is 0 Å². The predicted molar refractivity (Wildman–Crippen MR) is 250 cm³/mol. The van der Waals surface area contributed by atoms with Gasteiger partial charge in [0.25, 0.3) is 0 Å². The third-order valence-corrected chi connectivity index (χ3v) is 12.2. The Morgan fingerprint density at radius 1 is 0.339 bits per heavy atom. The molecule has 0 bridgehead atoms. The maximum Gasteiger partial charge on any atom is 0.305 e. The van der Waals surface area contributed by atoms with Crippen LogP contribution in [0, 0.1) is 0 Å². The van der Waals surface area contributed by atoms with Crippen LogP contribution < -0.4 is 0 Å². The first kappa shape index (κ1) is 55.2. The van der Waals surface area contributed by atoms with Crippen LogP contribution in [0.5, 0.6) is 0 Å². The van der Waals surface area contributed by atoms with Gasteiger partial charge >= 0.3 is 5.97 Å². The number of allylic oxidation sites excluding steroid dienone is 2. The van der Waals surface area contributed by atoms with Crippen LogP contribution in [-0.2, 0) is 9.53 Å².